The molecule has 1 N–H and O–H groups in total. The summed E-state index contributed by atoms with van der Waals surface area (Å²) in [6.07, 6.45) is 1.86. The Kier molecular flexibility index (Phi) is 11.0. The van der Waals surface area contributed by atoms with Crippen molar-refractivity contribution in [3.8, 4) is 89.7 Å². The summed E-state index contributed by atoms with van der Waals surface area (Å²) in [5, 5.41) is 11.9. The Labute approximate surface area is 406 Å². The number of benzene rings is 8. The summed E-state index contributed by atoms with van der Waals surface area (Å²) in [5.74, 6) is 0.649. The van der Waals surface area contributed by atoms with Gasteiger partial charge in [-0.25, -0.2) is 4.98 Å². The van der Waals surface area contributed by atoms with Gasteiger partial charge in [-0.2, -0.15) is 0 Å². The monoisotopic (exact) mass is 1040 g/mol. The molecule has 2 heterocycles. The first-order valence-corrected chi connectivity index (χ1v) is 22.0. The van der Waals surface area contributed by atoms with Gasteiger partial charge in [0.25, 0.3) is 0 Å². The molecule has 0 fully saturated rings. The third kappa shape index (κ3) is 8.46. The number of pyridine rings is 1. The standard InChI is InChI=1S/C61H50N3O.Pt/c1-39-31-41(3)59(65)54(32-39)60-63-58-51(23-16-24-56(58)64(60)57-38-52(45-19-12-8-13-20-45)40(2)33-53(57)46-21-14-9-15-22-46)48-34-49(36-50(35-48)61(4,5)6)55-37-47(29-30-62-55)44-27-25-43(26-28-44)42-17-10-7-11-18-42;/h7-33,35-38,65H,1-6H3;/q-1;/i2D3;. The molecule has 10 aromatic rings. The number of hydrogen-bond acceptors (Lipinski definition) is 3. The Hall–Kier alpha value is -7.13. The molecular formula is C61H50N3OPt-. The van der Waals surface area contributed by atoms with Gasteiger partial charge in [-0.3, -0.25) is 9.55 Å². The summed E-state index contributed by atoms with van der Waals surface area (Å²) in [6, 6.07) is 64.8. The normalized spacial score (nSPS) is 12.3. The number of phenolic OH excluding ortho intramolecular Hbond substituents is 1. The predicted molar refractivity (Wildman–Crippen MR) is 270 cm³/mol. The maximum absolute atomic E-state index is 11.9. The van der Waals surface area contributed by atoms with Crippen LogP contribution in [0.1, 0.15) is 47.1 Å². The Bertz CT molecular complexity index is 3490. The molecule has 0 aliphatic heterocycles. The van der Waals surface area contributed by atoms with E-state index in [0.29, 0.717) is 22.5 Å². The van der Waals surface area contributed by atoms with Gasteiger partial charge in [0, 0.05) is 42.6 Å². The quantitative estimate of drug-likeness (QED) is 0.154. The summed E-state index contributed by atoms with van der Waals surface area (Å²) in [5.41, 5.74) is 16.4. The molecule has 0 radical (unpaired) electrons. The molecule has 2 aromatic heterocycles. The van der Waals surface area contributed by atoms with E-state index in [1.165, 1.54) is 5.56 Å². The Morgan fingerprint density at radius 1 is 0.545 bits per heavy atom. The van der Waals surface area contributed by atoms with Crippen molar-refractivity contribution < 1.29 is 30.3 Å². The molecule has 0 unspecified atom stereocenters. The van der Waals surface area contributed by atoms with E-state index in [-0.39, 0.29) is 37.8 Å². The number of para-hydroxylation sites is 1. The summed E-state index contributed by atoms with van der Waals surface area (Å²) in [4.78, 5) is 10.4. The topological polar surface area (TPSA) is 50.9 Å². The molecule has 0 amide bonds. The number of rotatable bonds is 8. The van der Waals surface area contributed by atoms with Gasteiger partial charge >= 0.3 is 0 Å². The molecule has 0 saturated carbocycles. The third-order valence-corrected chi connectivity index (χ3v) is 12.3. The molecular weight excluding hydrogens is 986 g/mol. The van der Waals surface area contributed by atoms with E-state index in [2.05, 4.69) is 104 Å². The zero-order valence-corrected chi connectivity index (χ0v) is 39.8. The minimum Gasteiger partial charge on any atom is -0.507 e. The van der Waals surface area contributed by atoms with Gasteiger partial charge in [-0.1, -0.05) is 171 Å². The largest absolute Gasteiger partial charge is 0.507 e. The van der Waals surface area contributed by atoms with E-state index >= 15 is 0 Å². The van der Waals surface area contributed by atoms with Crippen molar-refractivity contribution in [2.75, 3.05) is 0 Å². The molecule has 4 nitrogen and oxygen atoms in total. The molecule has 0 aliphatic rings. The van der Waals surface area contributed by atoms with E-state index in [9.17, 15) is 5.11 Å². The van der Waals surface area contributed by atoms with Crippen LogP contribution >= 0.6 is 0 Å². The smallest absolute Gasteiger partial charge is 0.148 e. The number of fused-ring (bicyclic) bond motifs is 1. The van der Waals surface area contributed by atoms with Gasteiger partial charge in [0.2, 0.25) is 0 Å². The van der Waals surface area contributed by atoms with Crippen LogP contribution in [0.5, 0.6) is 5.75 Å². The number of aryl methyl sites for hydroxylation is 3. The summed E-state index contributed by atoms with van der Waals surface area (Å²) >= 11 is 0. The van der Waals surface area contributed by atoms with E-state index in [4.69, 9.17) is 14.1 Å². The first kappa shape index (κ1) is 40.4. The first-order chi connectivity index (χ1) is 32.7. The van der Waals surface area contributed by atoms with Crippen molar-refractivity contribution in [3.63, 3.8) is 0 Å². The van der Waals surface area contributed by atoms with E-state index in [1.54, 1.807) is 0 Å². The van der Waals surface area contributed by atoms with E-state index in [0.717, 1.165) is 83.7 Å². The van der Waals surface area contributed by atoms with E-state index < -0.39 is 6.85 Å². The second kappa shape index (κ2) is 18.0. The number of phenols is 1. The number of aromatic nitrogens is 3. The molecule has 0 atom stereocenters. The van der Waals surface area contributed by atoms with Crippen molar-refractivity contribution in [2.24, 2.45) is 0 Å². The van der Waals surface area contributed by atoms with Gasteiger partial charge in [0.1, 0.15) is 11.6 Å². The van der Waals surface area contributed by atoms with Crippen LogP contribution in [0.15, 0.2) is 188 Å². The third-order valence-electron chi connectivity index (χ3n) is 12.3. The fraction of sp³-hybridized carbons (Fsp3) is 0.115. The van der Waals surface area contributed by atoms with Crippen molar-refractivity contribution in [3.05, 3.63) is 217 Å². The summed E-state index contributed by atoms with van der Waals surface area (Å²) < 4.78 is 28.4. The number of hydrogen-bond donors (Lipinski definition) is 1. The average molecular weight is 1040 g/mol. The van der Waals surface area contributed by atoms with Crippen molar-refractivity contribution in [2.45, 2.75) is 46.9 Å². The molecule has 0 aliphatic carbocycles. The van der Waals surface area contributed by atoms with Gasteiger partial charge in [0.05, 0.1) is 22.3 Å². The molecule has 0 bridgehead atoms. The zero-order chi connectivity index (χ0) is 47.3. The Morgan fingerprint density at radius 3 is 1.80 bits per heavy atom. The van der Waals surface area contributed by atoms with Crippen LogP contribution < -0.4 is 0 Å². The van der Waals surface area contributed by atoms with E-state index in [1.807, 2.05) is 129 Å². The van der Waals surface area contributed by atoms with Crippen LogP contribution in [0.4, 0.5) is 0 Å². The van der Waals surface area contributed by atoms with Crippen molar-refractivity contribution >= 4 is 11.0 Å². The fourth-order valence-electron chi connectivity index (χ4n) is 8.88. The van der Waals surface area contributed by atoms with Crippen LogP contribution in [-0.2, 0) is 26.5 Å². The van der Waals surface area contributed by atoms with Gasteiger partial charge in [-0.15, -0.1) is 29.3 Å². The maximum atomic E-state index is 11.9. The molecule has 326 valence electrons. The summed E-state index contributed by atoms with van der Waals surface area (Å²) in [7, 11) is 0. The van der Waals surface area contributed by atoms with Crippen molar-refractivity contribution in [1.29, 1.82) is 0 Å². The van der Waals surface area contributed by atoms with Crippen LogP contribution in [-0.4, -0.2) is 19.6 Å². The maximum Gasteiger partial charge on any atom is 0.148 e. The van der Waals surface area contributed by atoms with Gasteiger partial charge in [0.15, 0.2) is 0 Å². The van der Waals surface area contributed by atoms with Crippen LogP contribution in [0.2, 0.25) is 0 Å². The average Bonchev–Trinajstić information content (AvgIpc) is 3.74. The second-order valence-electron chi connectivity index (χ2n) is 17.9. The minimum atomic E-state index is -2.42. The Balaban J connectivity index is 0.00000593. The molecule has 5 heteroatoms. The molecule has 8 aromatic carbocycles. The van der Waals surface area contributed by atoms with Gasteiger partial charge in [-0.05, 0) is 112 Å². The van der Waals surface area contributed by atoms with Crippen molar-refractivity contribution in [1.82, 2.24) is 14.5 Å². The number of nitrogens with zero attached hydrogens (tertiary/aromatic N) is 3. The SMILES string of the molecule is [2H]C([2H])([2H])c1cc(-c2ccccc2)c(-n2c(-c3cc(C)cc(C)c3O)nc3c(-c4[c-]c(-c5cc(-c6ccc(-c7ccccc7)cc6)ccn5)cc(C(C)(C)C)c4)cccc32)cc1-c1ccccc1.[Pt]. The minimum absolute atomic E-state index is 0. The summed E-state index contributed by atoms with van der Waals surface area (Å²) in [6.45, 7) is 8.13. The number of aromatic hydroxyl groups is 1. The van der Waals surface area contributed by atoms with Crippen LogP contribution in [0, 0.1) is 26.8 Å². The zero-order valence-electron chi connectivity index (χ0n) is 40.5. The molecule has 0 saturated heterocycles. The molecule has 0 spiro atoms. The predicted octanol–water partition coefficient (Wildman–Crippen LogP) is 15.8. The van der Waals surface area contributed by atoms with Gasteiger partial charge < -0.3 is 5.11 Å². The second-order valence-corrected chi connectivity index (χ2v) is 17.9. The van der Waals surface area contributed by atoms with Crippen LogP contribution in [0.25, 0.3) is 95.0 Å². The fourth-order valence-corrected chi connectivity index (χ4v) is 8.88. The number of imidazole rings is 1. The molecule has 66 heavy (non-hydrogen) atoms. The molecule has 10 rings (SSSR count). The first-order valence-electron chi connectivity index (χ1n) is 23.5. The Morgan fingerprint density at radius 2 is 1.15 bits per heavy atom. The van der Waals surface area contributed by atoms with Crippen LogP contribution in [0.3, 0.4) is 0 Å².